The summed E-state index contributed by atoms with van der Waals surface area (Å²) in [5.41, 5.74) is 0. The first-order valence-electron chi connectivity index (χ1n) is 7.17. The number of halogens is 1. The molecule has 0 saturated heterocycles. The maximum absolute atomic E-state index is 12.8. The van der Waals surface area contributed by atoms with Gasteiger partial charge in [0.1, 0.15) is 12.1 Å². The molecule has 4 nitrogen and oxygen atoms in total. The Hall–Kier alpha value is -1.23. The summed E-state index contributed by atoms with van der Waals surface area (Å²) < 4.78 is 12.8. The third-order valence-electron chi connectivity index (χ3n) is 3.83. The van der Waals surface area contributed by atoms with Crippen molar-refractivity contribution in [3.05, 3.63) is 18.3 Å². The fraction of sp³-hybridized carbons (Fsp3) is 0.714. The van der Waals surface area contributed by atoms with Gasteiger partial charge in [0.25, 0.3) is 0 Å². The summed E-state index contributed by atoms with van der Waals surface area (Å²) >= 11 is 0. The van der Waals surface area contributed by atoms with Gasteiger partial charge >= 0.3 is 0 Å². The highest BCUT2D eigenvalue weighted by Gasteiger charge is 2.17. The molecule has 106 valence electrons. The number of nitrogens with one attached hydrogen (secondary N) is 1. The van der Waals surface area contributed by atoms with E-state index in [0.717, 1.165) is 25.6 Å². The molecule has 1 aromatic heterocycles. The van der Waals surface area contributed by atoms with Gasteiger partial charge in [-0.25, -0.2) is 9.97 Å². The van der Waals surface area contributed by atoms with Gasteiger partial charge in [0, 0.05) is 18.7 Å². The molecule has 0 radical (unpaired) electrons. The lowest BCUT2D eigenvalue weighted by Gasteiger charge is -2.31. The molecule has 1 aliphatic rings. The number of hydrogen-bond acceptors (Lipinski definition) is 4. The van der Waals surface area contributed by atoms with Crippen molar-refractivity contribution in [3.63, 3.8) is 0 Å². The van der Waals surface area contributed by atoms with Crippen molar-refractivity contribution in [1.29, 1.82) is 0 Å². The molecule has 1 N–H and O–H groups in total. The standard InChI is InChI=1S/C14H23FN4/c1-19(12-6-3-2-4-7-12)9-5-8-16-14-10-13(15)17-11-18-14/h10-12H,2-9H2,1H3,(H,16,17,18). The summed E-state index contributed by atoms with van der Waals surface area (Å²) in [7, 11) is 2.21. The van der Waals surface area contributed by atoms with Crippen molar-refractivity contribution < 1.29 is 4.39 Å². The average molecular weight is 266 g/mol. The molecule has 0 amide bonds. The Kier molecular flexibility index (Phi) is 5.51. The van der Waals surface area contributed by atoms with Crippen LogP contribution >= 0.6 is 0 Å². The van der Waals surface area contributed by atoms with Crippen LogP contribution in [0, 0.1) is 5.95 Å². The molecule has 0 aromatic carbocycles. The number of anilines is 1. The Morgan fingerprint density at radius 1 is 1.32 bits per heavy atom. The van der Waals surface area contributed by atoms with E-state index in [0.29, 0.717) is 5.82 Å². The van der Waals surface area contributed by atoms with E-state index in [9.17, 15) is 4.39 Å². The summed E-state index contributed by atoms with van der Waals surface area (Å²) in [6.45, 7) is 1.89. The minimum atomic E-state index is -0.489. The lowest BCUT2D eigenvalue weighted by molar-refractivity contribution is 0.191. The number of rotatable bonds is 6. The first-order chi connectivity index (χ1) is 9.25. The molecule has 0 spiro atoms. The van der Waals surface area contributed by atoms with Crippen molar-refractivity contribution >= 4 is 5.82 Å². The summed E-state index contributed by atoms with van der Waals surface area (Å²) in [5.74, 6) is 0.0737. The minimum absolute atomic E-state index is 0.489. The molecule has 1 aromatic rings. The van der Waals surface area contributed by atoms with Gasteiger partial charge in [0.05, 0.1) is 0 Å². The molecule has 19 heavy (non-hydrogen) atoms. The first kappa shape index (κ1) is 14.2. The Morgan fingerprint density at radius 3 is 2.84 bits per heavy atom. The zero-order valence-electron chi connectivity index (χ0n) is 11.6. The van der Waals surface area contributed by atoms with E-state index in [1.165, 1.54) is 44.5 Å². The van der Waals surface area contributed by atoms with Crippen molar-refractivity contribution in [1.82, 2.24) is 14.9 Å². The van der Waals surface area contributed by atoms with Crippen molar-refractivity contribution in [2.75, 3.05) is 25.5 Å². The van der Waals surface area contributed by atoms with Gasteiger partial charge in [-0.15, -0.1) is 0 Å². The smallest absolute Gasteiger partial charge is 0.217 e. The van der Waals surface area contributed by atoms with Gasteiger partial charge in [-0.1, -0.05) is 19.3 Å². The lowest BCUT2D eigenvalue weighted by atomic mass is 9.94. The van der Waals surface area contributed by atoms with Gasteiger partial charge in [-0.05, 0) is 32.9 Å². The molecule has 0 bridgehead atoms. The van der Waals surface area contributed by atoms with Crippen molar-refractivity contribution in [2.24, 2.45) is 0 Å². The molecule has 0 atom stereocenters. The molecule has 1 heterocycles. The second-order valence-electron chi connectivity index (χ2n) is 5.28. The molecule has 5 heteroatoms. The van der Waals surface area contributed by atoms with Crippen LogP contribution in [0.5, 0.6) is 0 Å². The van der Waals surface area contributed by atoms with E-state index < -0.39 is 5.95 Å². The predicted octanol–water partition coefficient (Wildman–Crippen LogP) is 2.68. The molecule has 0 aliphatic heterocycles. The van der Waals surface area contributed by atoms with Crippen LogP contribution in [0.3, 0.4) is 0 Å². The fourth-order valence-corrected chi connectivity index (χ4v) is 2.68. The van der Waals surface area contributed by atoms with E-state index in [1.807, 2.05) is 0 Å². The third kappa shape index (κ3) is 4.74. The molecule has 1 aliphatic carbocycles. The quantitative estimate of drug-likeness (QED) is 0.635. The molecule has 1 fully saturated rings. The van der Waals surface area contributed by atoms with Crippen molar-refractivity contribution in [3.8, 4) is 0 Å². The molecular formula is C14H23FN4. The average Bonchev–Trinajstić information content (AvgIpc) is 2.44. The highest BCUT2D eigenvalue weighted by molar-refractivity contribution is 5.31. The monoisotopic (exact) mass is 266 g/mol. The van der Waals surface area contributed by atoms with E-state index in [4.69, 9.17) is 0 Å². The number of aromatic nitrogens is 2. The normalized spacial score (nSPS) is 16.8. The van der Waals surface area contributed by atoms with E-state index in [-0.39, 0.29) is 0 Å². The van der Waals surface area contributed by atoms with E-state index in [1.54, 1.807) is 0 Å². The zero-order valence-corrected chi connectivity index (χ0v) is 11.6. The Balaban J connectivity index is 1.63. The maximum Gasteiger partial charge on any atom is 0.217 e. The molecular weight excluding hydrogens is 243 g/mol. The molecule has 1 saturated carbocycles. The largest absolute Gasteiger partial charge is 0.370 e. The third-order valence-corrected chi connectivity index (χ3v) is 3.83. The van der Waals surface area contributed by atoms with Crippen LogP contribution in [0.2, 0.25) is 0 Å². The Bertz CT molecular complexity index is 379. The number of nitrogens with zero attached hydrogens (tertiary/aromatic N) is 3. The van der Waals surface area contributed by atoms with Crippen LogP contribution in [-0.4, -0.2) is 41.0 Å². The van der Waals surface area contributed by atoms with Gasteiger partial charge in [0.2, 0.25) is 5.95 Å². The second kappa shape index (κ2) is 7.38. The van der Waals surface area contributed by atoms with Crippen LogP contribution in [0.25, 0.3) is 0 Å². The summed E-state index contributed by atoms with van der Waals surface area (Å²) in [6, 6.07) is 2.08. The highest BCUT2D eigenvalue weighted by Crippen LogP contribution is 2.21. The summed E-state index contributed by atoms with van der Waals surface area (Å²) in [6.07, 6.45) is 9.08. The van der Waals surface area contributed by atoms with Crippen LogP contribution in [0.1, 0.15) is 38.5 Å². The summed E-state index contributed by atoms with van der Waals surface area (Å²) in [4.78, 5) is 9.86. The van der Waals surface area contributed by atoms with E-state index in [2.05, 4.69) is 27.2 Å². The van der Waals surface area contributed by atoms with Crippen LogP contribution in [-0.2, 0) is 0 Å². The molecule has 0 unspecified atom stereocenters. The first-order valence-corrected chi connectivity index (χ1v) is 7.17. The maximum atomic E-state index is 12.8. The Morgan fingerprint density at radius 2 is 2.11 bits per heavy atom. The van der Waals surface area contributed by atoms with Crippen LogP contribution in [0.15, 0.2) is 12.4 Å². The van der Waals surface area contributed by atoms with Crippen LogP contribution in [0.4, 0.5) is 10.2 Å². The second-order valence-corrected chi connectivity index (χ2v) is 5.28. The van der Waals surface area contributed by atoms with Gasteiger partial charge < -0.3 is 10.2 Å². The van der Waals surface area contributed by atoms with E-state index >= 15 is 0 Å². The molecule has 2 rings (SSSR count). The van der Waals surface area contributed by atoms with Crippen molar-refractivity contribution in [2.45, 2.75) is 44.6 Å². The predicted molar refractivity (Wildman–Crippen MR) is 74.6 cm³/mol. The van der Waals surface area contributed by atoms with Gasteiger partial charge in [-0.3, -0.25) is 0 Å². The fourth-order valence-electron chi connectivity index (χ4n) is 2.68. The highest BCUT2D eigenvalue weighted by atomic mass is 19.1. The van der Waals surface area contributed by atoms with Gasteiger partial charge in [-0.2, -0.15) is 4.39 Å². The lowest BCUT2D eigenvalue weighted by Crippen LogP contribution is -2.34. The number of hydrogen-bond donors (Lipinski definition) is 1. The summed E-state index contributed by atoms with van der Waals surface area (Å²) in [5, 5.41) is 3.13. The topological polar surface area (TPSA) is 41.0 Å². The van der Waals surface area contributed by atoms with Crippen LogP contribution < -0.4 is 5.32 Å². The minimum Gasteiger partial charge on any atom is -0.370 e. The zero-order chi connectivity index (χ0) is 13.5. The SMILES string of the molecule is CN(CCCNc1cc(F)ncn1)C1CCCCC1. The van der Waals surface area contributed by atoms with Gasteiger partial charge in [0.15, 0.2) is 0 Å². The Labute approximate surface area is 114 Å².